The Labute approximate surface area is 109 Å². The van der Waals surface area contributed by atoms with Gasteiger partial charge in [0.15, 0.2) is 5.09 Å². The van der Waals surface area contributed by atoms with Gasteiger partial charge in [0, 0.05) is 4.90 Å². The standard InChI is InChI=1S/C14H12O3S/c15-14(16)12-6-7-13(17-12)18-11-5-4-9-2-1-3-10(9)8-11/h4-8H,1-3H2,(H,15,16). The largest absolute Gasteiger partial charge is 0.475 e. The molecule has 1 heterocycles. The van der Waals surface area contributed by atoms with E-state index in [1.807, 2.05) is 0 Å². The maximum Gasteiger partial charge on any atom is 0.371 e. The zero-order chi connectivity index (χ0) is 12.5. The lowest BCUT2D eigenvalue weighted by atomic mass is 10.1. The summed E-state index contributed by atoms with van der Waals surface area (Å²) >= 11 is 1.46. The van der Waals surface area contributed by atoms with Crippen LogP contribution in [-0.2, 0) is 12.8 Å². The van der Waals surface area contributed by atoms with Crippen molar-refractivity contribution in [3.63, 3.8) is 0 Å². The summed E-state index contributed by atoms with van der Waals surface area (Å²) in [5.74, 6) is -1.05. The van der Waals surface area contributed by atoms with E-state index in [0.717, 1.165) is 11.3 Å². The van der Waals surface area contributed by atoms with E-state index >= 15 is 0 Å². The summed E-state index contributed by atoms with van der Waals surface area (Å²) < 4.78 is 5.23. The second-order valence-corrected chi connectivity index (χ2v) is 5.39. The van der Waals surface area contributed by atoms with Gasteiger partial charge in [-0.1, -0.05) is 17.8 Å². The summed E-state index contributed by atoms with van der Waals surface area (Å²) in [6.45, 7) is 0. The molecule has 1 N–H and O–H groups in total. The lowest BCUT2D eigenvalue weighted by molar-refractivity contribution is 0.0656. The van der Waals surface area contributed by atoms with E-state index in [2.05, 4.69) is 18.2 Å². The molecule has 2 aromatic rings. The normalized spacial score (nSPS) is 13.6. The highest BCUT2D eigenvalue weighted by molar-refractivity contribution is 7.99. The van der Waals surface area contributed by atoms with Gasteiger partial charge in [-0.3, -0.25) is 0 Å². The third-order valence-corrected chi connectivity index (χ3v) is 3.99. The van der Waals surface area contributed by atoms with Crippen molar-refractivity contribution in [3.8, 4) is 0 Å². The summed E-state index contributed by atoms with van der Waals surface area (Å²) in [6.07, 6.45) is 3.54. The number of hydrogen-bond acceptors (Lipinski definition) is 3. The molecular formula is C14H12O3S. The van der Waals surface area contributed by atoms with E-state index in [-0.39, 0.29) is 5.76 Å². The molecule has 0 saturated carbocycles. The van der Waals surface area contributed by atoms with Crippen molar-refractivity contribution in [3.05, 3.63) is 47.2 Å². The number of carboxylic acid groups (broad SMARTS) is 1. The Bertz CT molecular complexity index is 601. The van der Waals surface area contributed by atoms with Crippen molar-refractivity contribution in [2.24, 2.45) is 0 Å². The maximum absolute atomic E-state index is 10.7. The van der Waals surface area contributed by atoms with Gasteiger partial charge in [-0.05, 0) is 54.7 Å². The molecule has 3 nitrogen and oxygen atoms in total. The summed E-state index contributed by atoms with van der Waals surface area (Å²) in [6, 6.07) is 9.58. The molecule has 1 aromatic heterocycles. The van der Waals surface area contributed by atoms with E-state index in [4.69, 9.17) is 9.52 Å². The summed E-state index contributed by atoms with van der Waals surface area (Å²) in [7, 11) is 0. The number of rotatable bonds is 3. The smallest absolute Gasteiger partial charge is 0.371 e. The minimum Gasteiger partial charge on any atom is -0.475 e. The molecule has 3 rings (SSSR count). The van der Waals surface area contributed by atoms with Gasteiger partial charge in [-0.2, -0.15) is 0 Å². The fourth-order valence-corrected chi connectivity index (χ4v) is 3.05. The molecule has 0 atom stereocenters. The molecule has 4 heteroatoms. The Balaban J connectivity index is 1.81. The highest BCUT2D eigenvalue weighted by atomic mass is 32.2. The quantitative estimate of drug-likeness (QED) is 0.915. The highest BCUT2D eigenvalue weighted by Crippen LogP contribution is 2.32. The van der Waals surface area contributed by atoms with Gasteiger partial charge in [0.05, 0.1) is 0 Å². The van der Waals surface area contributed by atoms with Crippen molar-refractivity contribution in [2.75, 3.05) is 0 Å². The fourth-order valence-electron chi connectivity index (χ4n) is 2.22. The zero-order valence-electron chi connectivity index (χ0n) is 9.68. The van der Waals surface area contributed by atoms with Crippen molar-refractivity contribution >= 4 is 17.7 Å². The first-order valence-electron chi connectivity index (χ1n) is 5.85. The molecule has 0 saturated heterocycles. The summed E-state index contributed by atoms with van der Waals surface area (Å²) in [4.78, 5) is 11.8. The number of furan rings is 1. The average Bonchev–Trinajstić information content (AvgIpc) is 2.96. The predicted octanol–water partition coefficient (Wildman–Crippen LogP) is 3.62. The van der Waals surface area contributed by atoms with Crippen LogP contribution in [-0.4, -0.2) is 11.1 Å². The molecule has 0 fully saturated rings. The van der Waals surface area contributed by atoms with Gasteiger partial charge in [0.1, 0.15) is 0 Å². The Hall–Kier alpha value is -1.68. The van der Waals surface area contributed by atoms with Crippen LogP contribution in [0.3, 0.4) is 0 Å². The molecule has 92 valence electrons. The van der Waals surface area contributed by atoms with Crippen LogP contribution in [0.1, 0.15) is 28.1 Å². The molecule has 0 unspecified atom stereocenters. The molecule has 1 aromatic carbocycles. The second kappa shape index (κ2) is 4.53. The monoisotopic (exact) mass is 260 g/mol. The van der Waals surface area contributed by atoms with Crippen LogP contribution in [0, 0.1) is 0 Å². The predicted molar refractivity (Wildman–Crippen MR) is 68.3 cm³/mol. The van der Waals surface area contributed by atoms with Crippen LogP contribution < -0.4 is 0 Å². The number of carboxylic acids is 1. The third-order valence-electron chi connectivity index (χ3n) is 3.08. The van der Waals surface area contributed by atoms with Crippen molar-refractivity contribution in [2.45, 2.75) is 29.3 Å². The van der Waals surface area contributed by atoms with Crippen LogP contribution in [0.2, 0.25) is 0 Å². The van der Waals surface area contributed by atoms with Crippen LogP contribution in [0.25, 0.3) is 0 Å². The molecule has 0 bridgehead atoms. The SMILES string of the molecule is O=C(O)c1ccc(Sc2ccc3c(c2)CCC3)o1. The third kappa shape index (κ3) is 2.16. The number of aromatic carboxylic acids is 1. The Morgan fingerprint density at radius 3 is 2.78 bits per heavy atom. The number of carbonyl (C=O) groups is 1. The van der Waals surface area contributed by atoms with Crippen molar-refractivity contribution in [1.29, 1.82) is 0 Å². The first-order valence-corrected chi connectivity index (χ1v) is 6.67. The molecule has 0 aliphatic heterocycles. The number of benzene rings is 1. The number of fused-ring (bicyclic) bond motifs is 1. The molecule has 1 aliphatic rings. The van der Waals surface area contributed by atoms with Crippen LogP contribution >= 0.6 is 11.8 Å². The maximum atomic E-state index is 10.7. The Kier molecular flexibility index (Phi) is 2.88. The summed E-state index contributed by atoms with van der Waals surface area (Å²) in [5.41, 5.74) is 2.84. The van der Waals surface area contributed by atoms with Crippen LogP contribution in [0.4, 0.5) is 0 Å². The summed E-state index contributed by atoms with van der Waals surface area (Å²) in [5, 5.41) is 9.40. The lowest BCUT2D eigenvalue weighted by Gasteiger charge is -2.02. The first kappa shape index (κ1) is 11.4. The van der Waals surface area contributed by atoms with E-state index in [9.17, 15) is 4.79 Å². The first-order chi connectivity index (χ1) is 8.72. The van der Waals surface area contributed by atoms with Gasteiger partial charge in [0.2, 0.25) is 5.76 Å². The van der Waals surface area contributed by atoms with Crippen LogP contribution in [0.5, 0.6) is 0 Å². The average molecular weight is 260 g/mol. The zero-order valence-corrected chi connectivity index (χ0v) is 10.5. The molecular weight excluding hydrogens is 248 g/mol. The van der Waals surface area contributed by atoms with Crippen LogP contribution in [0.15, 0.2) is 44.7 Å². The van der Waals surface area contributed by atoms with Gasteiger partial charge < -0.3 is 9.52 Å². The number of aryl methyl sites for hydroxylation is 2. The lowest BCUT2D eigenvalue weighted by Crippen LogP contribution is -1.91. The van der Waals surface area contributed by atoms with Crippen molar-refractivity contribution in [1.82, 2.24) is 0 Å². The van der Waals surface area contributed by atoms with Gasteiger partial charge >= 0.3 is 5.97 Å². The minimum absolute atomic E-state index is 0.0151. The number of hydrogen-bond donors (Lipinski definition) is 1. The van der Waals surface area contributed by atoms with Gasteiger partial charge in [-0.15, -0.1) is 0 Å². The molecule has 0 radical (unpaired) electrons. The second-order valence-electron chi connectivity index (χ2n) is 4.31. The fraction of sp³-hybridized carbons (Fsp3) is 0.214. The highest BCUT2D eigenvalue weighted by Gasteiger charge is 2.13. The van der Waals surface area contributed by atoms with E-state index in [0.29, 0.717) is 5.09 Å². The topological polar surface area (TPSA) is 50.4 Å². The minimum atomic E-state index is -1.03. The Morgan fingerprint density at radius 2 is 2.00 bits per heavy atom. The molecule has 0 amide bonds. The van der Waals surface area contributed by atoms with E-state index in [1.54, 1.807) is 6.07 Å². The van der Waals surface area contributed by atoms with Crippen molar-refractivity contribution < 1.29 is 14.3 Å². The Morgan fingerprint density at radius 1 is 1.17 bits per heavy atom. The molecule has 0 spiro atoms. The van der Waals surface area contributed by atoms with E-state index in [1.165, 1.54) is 41.8 Å². The molecule has 1 aliphatic carbocycles. The van der Waals surface area contributed by atoms with Gasteiger partial charge in [0.25, 0.3) is 0 Å². The molecule has 18 heavy (non-hydrogen) atoms. The van der Waals surface area contributed by atoms with E-state index < -0.39 is 5.97 Å². The van der Waals surface area contributed by atoms with Gasteiger partial charge in [-0.25, -0.2) is 4.79 Å².